The first-order chi connectivity index (χ1) is 8.08. The molecular formula is C13H22N2O2S. The van der Waals surface area contributed by atoms with E-state index in [1.807, 2.05) is 27.7 Å². The molecule has 18 heavy (non-hydrogen) atoms. The lowest BCUT2D eigenvalue weighted by Gasteiger charge is -2.21. The highest BCUT2D eigenvalue weighted by Gasteiger charge is 2.32. The molecule has 1 aliphatic rings. The van der Waals surface area contributed by atoms with E-state index in [1.165, 1.54) is 0 Å². The average molecular weight is 270 g/mol. The summed E-state index contributed by atoms with van der Waals surface area (Å²) in [4.78, 5) is 11.6. The average Bonchev–Trinajstić information content (AvgIpc) is 2.19. The minimum Gasteiger partial charge on any atom is -0.330 e. The quantitative estimate of drug-likeness (QED) is 0.771. The third kappa shape index (κ3) is 4.43. The topological polar surface area (TPSA) is 72.5 Å². The lowest BCUT2D eigenvalue weighted by Crippen LogP contribution is -2.28. The van der Waals surface area contributed by atoms with Crippen LogP contribution in [0.4, 0.5) is 0 Å². The van der Waals surface area contributed by atoms with Gasteiger partial charge in [-0.2, -0.15) is 4.36 Å². The van der Waals surface area contributed by atoms with Gasteiger partial charge in [0, 0.05) is 35.3 Å². The van der Waals surface area contributed by atoms with Crippen LogP contribution in [0.15, 0.2) is 4.36 Å². The first-order valence-corrected chi connectivity index (χ1v) is 7.93. The number of carbonyl (C=O) groups excluding carboxylic acids is 1. The van der Waals surface area contributed by atoms with Gasteiger partial charge < -0.3 is 5.73 Å². The fourth-order valence-electron chi connectivity index (χ4n) is 2.01. The van der Waals surface area contributed by atoms with Crippen molar-refractivity contribution in [2.75, 3.05) is 18.1 Å². The molecule has 0 saturated heterocycles. The van der Waals surface area contributed by atoms with Crippen molar-refractivity contribution in [2.24, 2.45) is 20.9 Å². The van der Waals surface area contributed by atoms with Crippen LogP contribution >= 0.6 is 0 Å². The fourth-order valence-corrected chi connectivity index (χ4v) is 5.10. The number of amides is 1. The minimum absolute atomic E-state index is 0.151. The van der Waals surface area contributed by atoms with Gasteiger partial charge in [-0.05, 0) is 27.7 Å². The lowest BCUT2D eigenvalue weighted by molar-refractivity contribution is -0.117. The molecule has 5 heteroatoms. The van der Waals surface area contributed by atoms with Crippen LogP contribution < -0.4 is 5.73 Å². The van der Waals surface area contributed by atoms with Crippen LogP contribution in [-0.4, -0.2) is 28.2 Å². The Morgan fingerprint density at radius 3 is 2.06 bits per heavy atom. The van der Waals surface area contributed by atoms with Crippen molar-refractivity contribution in [2.45, 2.75) is 34.1 Å². The Balaban J connectivity index is 3.17. The summed E-state index contributed by atoms with van der Waals surface area (Å²) < 4.78 is 16.8. The maximum absolute atomic E-state index is 12.8. The Hall–Kier alpha value is -0.860. The Morgan fingerprint density at radius 1 is 1.22 bits per heavy atom. The molecule has 0 radical (unpaired) electrons. The van der Waals surface area contributed by atoms with Crippen LogP contribution in [0, 0.1) is 22.7 Å². The zero-order valence-electron chi connectivity index (χ0n) is 11.6. The summed E-state index contributed by atoms with van der Waals surface area (Å²) in [5, 5.41) is 0. The highest BCUT2D eigenvalue weighted by molar-refractivity contribution is 7.94. The van der Waals surface area contributed by atoms with Gasteiger partial charge in [-0.3, -0.25) is 4.79 Å². The first kappa shape index (κ1) is 15.2. The number of hydrogen-bond acceptors (Lipinski definition) is 3. The standard InChI is InChI=1S/C13H22N2O2S/c1-12(2)6-7-13(3,4)10-18(17,9-12)15-11(16)5-8-14/h5,8-10,14H2,1-4H3. The molecule has 1 amide bonds. The van der Waals surface area contributed by atoms with Crippen molar-refractivity contribution in [1.29, 1.82) is 0 Å². The van der Waals surface area contributed by atoms with Gasteiger partial charge in [0.15, 0.2) is 0 Å². The van der Waals surface area contributed by atoms with Crippen molar-refractivity contribution in [3.63, 3.8) is 0 Å². The molecule has 1 heterocycles. The van der Waals surface area contributed by atoms with E-state index in [4.69, 9.17) is 5.73 Å². The van der Waals surface area contributed by atoms with Gasteiger partial charge >= 0.3 is 0 Å². The Kier molecular flexibility index (Phi) is 4.24. The van der Waals surface area contributed by atoms with E-state index in [9.17, 15) is 9.00 Å². The van der Waals surface area contributed by atoms with Crippen LogP contribution in [0.25, 0.3) is 0 Å². The Bertz CT molecular complexity index is 487. The van der Waals surface area contributed by atoms with E-state index in [0.717, 1.165) is 0 Å². The van der Waals surface area contributed by atoms with E-state index in [-0.39, 0.29) is 29.7 Å². The smallest absolute Gasteiger partial charge is 0.255 e. The summed E-state index contributed by atoms with van der Waals surface area (Å²) >= 11 is 0. The van der Waals surface area contributed by atoms with E-state index in [2.05, 4.69) is 16.2 Å². The third-order valence-electron chi connectivity index (χ3n) is 2.54. The summed E-state index contributed by atoms with van der Waals surface area (Å²) in [5.41, 5.74) is 4.56. The van der Waals surface area contributed by atoms with Crippen molar-refractivity contribution in [1.82, 2.24) is 0 Å². The molecule has 0 spiro atoms. The second-order valence-electron chi connectivity index (χ2n) is 6.10. The predicted octanol–water partition coefficient (Wildman–Crippen LogP) is 1.40. The number of nitrogens with two attached hydrogens (primary N) is 1. The Labute approximate surface area is 110 Å². The van der Waals surface area contributed by atoms with Gasteiger partial charge in [-0.1, -0.05) is 11.8 Å². The van der Waals surface area contributed by atoms with Gasteiger partial charge in [0.25, 0.3) is 5.91 Å². The van der Waals surface area contributed by atoms with Crippen molar-refractivity contribution < 1.29 is 9.00 Å². The number of rotatable bonds is 2. The molecule has 1 rings (SSSR count). The maximum Gasteiger partial charge on any atom is 0.255 e. The molecule has 0 aromatic heterocycles. The third-order valence-corrected chi connectivity index (χ3v) is 5.42. The zero-order valence-corrected chi connectivity index (χ0v) is 12.4. The van der Waals surface area contributed by atoms with E-state index >= 15 is 0 Å². The first-order valence-electron chi connectivity index (χ1n) is 6.07. The lowest BCUT2D eigenvalue weighted by atomic mass is 9.92. The fraction of sp³-hybridized carbons (Fsp3) is 0.769. The van der Waals surface area contributed by atoms with Crippen LogP contribution in [-0.2, 0) is 14.5 Å². The molecule has 0 fully saturated rings. The maximum atomic E-state index is 12.8. The molecule has 102 valence electrons. The van der Waals surface area contributed by atoms with E-state index in [0.29, 0.717) is 11.5 Å². The van der Waals surface area contributed by atoms with Gasteiger partial charge in [0.05, 0.1) is 9.73 Å². The second-order valence-corrected chi connectivity index (χ2v) is 8.41. The van der Waals surface area contributed by atoms with Gasteiger partial charge in [-0.15, -0.1) is 0 Å². The van der Waals surface area contributed by atoms with Gasteiger partial charge in [0.2, 0.25) is 0 Å². The van der Waals surface area contributed by atoms with Crippen LogP contribution in [0.5, 0.6) is 0 Å². The normalized spacial score (nSPS) is 23.4. The van der Waals surface area contributed by atoms with E-state index in [1.54, 1.807) is 0 Å². The molecule has 0 aliphatic carbocycles. The van der Waals surface area contributed by atoms with Crippen molar-refractivity contribution in [3.05, 3.63) is 0 Å². The Morgan fingerprint density at radius 2 is 1.67 bits per heavy atom. The summed E-state index contributed by atoms with van der Waals surface area (Å²) in [6.07, 6.45) is 0.151. The van der Waals surface area contributed by atoms with Crippen LogP contribution in [0.1, 0.15) is 34.1 Å². The number of hydrogen-bond donors (Lipinski definition) is 1. The highest BCUT2D eigenvalue weighted by atomic mass is 32.2. The summed E-state index contributed by atoms with van der Waals surface area (Å²) in [7, 11) is -2.57. The number of nitrogens with zero attached hydrogens (tertiary/aromatic N) is 1. The molecule has 4 nitrogen and oxygen atoms in total. The van der Waals surface area contributed by atoms with Crippen LogP contribution in [0.2, 0.25) is 0 Å². The molecule has 0 saturated carbocycles. The molecule has 0 aromatic rings. The molecular weight excluding hydrogens is 248 g/mol. The molecule has 0 aromatic carbocycles. The van der Waals surface area contributed by atoms with E-state index < -0.39 is 9.73 Å². The summed E-state index contributed by atoms with van der Waals surface area (Å²) in [6, 6.07) is 0. The molecule has 1 aliphatic heterocycles. The van der Waals surface area contributed by atoms with Gasteiger partial charge in [-0.25, -0.2) is 4.21 Å². The largest absolute Gasteiger partial charge is 0.330 e. The summed E-state index contributed by atoms with van der Waals surface area (Å²) in [5.74, 6) is 6.61. The molecule has 0 bridgehead atoms. The zero-order chi connectivity index (χ0) is 14.0. The second kappa shape index (κ2) is 5.02. The van der Waals surface area contributed by atoms with Crippen molar-refractivity contribution >= 4 is 15.6 Å². The van der Waals surface area contributed by atoms with Crippen molar-refractivity contribution in [3.8, 4) is 11.8 Å². The number of carbonyl (C=O) groups is 1. The van der Waals surface area contributed by atoms with Gasteiger partial charge in [0.1, 0.15) is 0 Å². The SMILES string of the molecule is CC1(C)C#CC(C)(C)CS(=O)(=NC(=O)CCN)C1. The molecule has 0 atom stereocenters. The molecule has 0 unspecified atom stereocenters. The molecule has 2 N–H and O–H groups in total. The highest BCUT2D eigenvalue weighted by Crippen LogP contribution is 2.28. The summed E-state index contributed by atoms with van der Waals surface area (Å²) in [6.45, 7) is 7.98. The minimum atomic E-state index is -2.57. The van der Waals surface area contributed by atoms with Crippen LogP contribution in [0.3, 0.4) is 0 Å². The monoisotopic (exact) mass is 270 g/mol. The predicted molar refractivity (Wildman–Crippen MR) is 74.3 cm³/mol.